The first-order valence-corrected chi connectivity index (χ1v) is 6.94. The van der Waals surface area contributed by atoms with Crippen LogP contribution in [0, 0.1) is 0 Å². The average Bonchev–Trinajstić information content (AvgIpc) is 2.37. The first-order chi connectivity index (χ1) is 9.13. The second-order valence-corrected chi connectivity index (χ2v) is 5.11. The van der Waals surface area contributed by atoms with Crippen LogP contribution in [0.4, 0.5) is 17.6 Å². The van der Waals surface area contributed by atoms with E-state index < -0.39 is 21.8 Å². The van der Waals surface area contributed by atoms with Gasteiger partial charge in [-0.2, -0.15) is 8.78 Å². The van der Waals surface area contributed by atoms with Gasteiger partial charge in [-0.25, -0.2) is 21.8 Å². The lowest BCUT2D eigenvalue weighted by atomic mass is 10.3. The Morgan fingerprint density at radius 3 is 2.10 bits per heavy atom. The molecule has 10 heteroatoms. The number of alkyl halides is 4. The number of halogens is 4. The molecule has 1 rings (SSSR count). The number of aryl methyl sites for hydroxylation is 1. The minimum absolute atomic E-state index is 1.11. The van der Waals surface area contributed by atoms with Crippen molar-refractivity contribution in [3.8, 4) is 0 Å². The van der Waals surface area contributed by atoms with Gasteiger partial charge in [0.15, 0.2) is 22.5 Å². The molecule has 0 saturated heterocycles. The van der Waals surface area contributed by atoms with E-state index in [9.17, 15) is 30.5 Å². The lowest BCUT2D eigenvalue weighted by Gasteiger charge is -2.17. The summed E-state index contributed by atoms with van der Waals surface area (Å²) in [5, 5.41) is -5.48. The number of hydrogen-bond donors (Lipinski definition) is 0. The molecule has 0 amide bonds. The monoisotopic (exact) mass is 318 g/mol. The van der Waals surface area contributed by atoms with Gasteiger partial charge in [-0.1, -0.05) is 13.3 Å². The predicted molar refractivity (Wildman–Crippen MR) is 60.0 cm³/mol. The zero-order chi connectivity index (χ0) is 15.8. The highest BCUT2D eigenvalue weighted by molar-refractivity contribution is 7.86. The maximum atomic E-state index is 11.4. The van der Waals surface area contributed by atoms with Crippen molar-refractivity contribution in [2.45, 2.75) is 38.0 Å². The van der Waals surface area contributed by atoms with Gasteiger partial charge in [0.25, 0.3) is 0 Å². The molecular formula is C10H14F4N2O3S. The van der Waals surface area contributed by atoms with Crippen LogP contribution in [0.3, 0.4) is 0 Å². The summed E-state index contributed by atoms with van der Waals surface area (Å²) in [6.45, 7) is 3.31. The van der Waals surface area contributed by atoms with Gasteiger partial charge in [0, 0.05) is 6.42 Å². The Balaban J connectivity index is 0.000000361. The van der Waals surface area contributed by atoms with Gasteiger partial charge in [-0.15, -0.1) is 0 Å². The Kier molecular flexibility index (Phi) is 7.58. The van der Waals surface area contributed by atoms with E-state index >= 15 is 0 Å². The second kappa shape index (κ2) is 8.10. The number of nitrogens with zero attached hydrogens (tertiary/aromatic N) is 2. The van der Waals surface area contributed by atoms with Crippen LogP contribution in [0.5, 0.6) is 0 Å². The van der Waals surface area contributed by atoms with Crippen molar-refractivity contribution in [2.24, 2.45) is 0 Å². The highest BCUT2D eigenvalue weighted by atomic mass is 32.2. The van der Waals surface area contributed by atoms with E-state index in [2.05, 4.69) is 16.5 Å². The summed E-state index contributed by atoms with van der Waals surface area (Å²) in [6.07, 6.45) is 5.63. The third-order valence-corrected chi connectivity index (χ3v) is 2.89. The van der Waals surface area contributed by atoms with Crippen LogP contribution in [0.15, 0.2) is 24.8 Å². The highest BCUT2D eigenvalue weighted by Crippen LogP contribution is 2.27. The molecule has 1 aromatic rings. The Labute approximate surface area is 114 Å². The molecule has 1 heterocycles. The Morgan fingerprint density at radius 2 is 1.80 bits per heavy atom. The first-order valence-electron chi connectivity index (χ1n) is 5.53. The molecule has 0 atom stereocenters. The molecule has 0 aliphatic heterocycles. The Hall–Kier alpha value is -1.29. The van der Waals surface area contributed by atoms with Crippen LogP contribution in [0.25, 0.3) is 0 Å². The largest absolute Gasteiger partial charge is 0.743 e. The molecule has 0 fully saturated rings. The summed E-state index contributed by atoms with van der Waals surface area (Å²) < 4.78 is 74.8. The van der Waals surface area contributed by atoms with Crippen molar-refractivity contribution in [2.75, 3.05) is 0 Å². The van der Waals surface area contributed by atoms with E-state index in [4.69, 9.17) is 0 Å². The molecular weight excluding hydrogens is 304 g/mol. The molecule has 0 saturated carbocycles. The van der Waals surface area contributed by atoms with Crippen LogP contribution >= 0.6 is 0 Å². The fraction of sp³-hybridized carbons (Fsp3) is 0.600. The van der Waals surface area contributed by atoms with Crippen LogP contribution in [0.2, 0.25) is 0 Å². The van der Waals surface area contributed by atoms with Gasteiger partial charge >= 0.3 is 11.7 Å². The van der Waals surface area contributed by atoms with Crippen LogP contribution in [-0.2, 0) is 16.7 Å². The fourth-order valence-electron chi connectivity index (χ4n) is 0.946. The second-order valence-electron chi connectivity index (χ2n) is 3.65. The summed E-state index contributed by atoms with van der Waals surface area (Å²) in [6, 6.07) is 0. The van der Waals surface area contributed by atoms with Crippen LogP contribution in [-0.4, -0.2) is 29.6 Å². The molecule has 116 valence electrons. The number of hydrogen-bond acceptors (Lipinski definition) is 4. The molecule has 0 bridgehead atoms. The molecule has 0 unspecified atom stereocenters. The van der Waals surface area contributed by atoms with E-state index in [1.807, 2.05) is 24.8 Å². The van der Waals surface area contributed by atoms with Crippen molar-refractivity contribution >= 4 is 10.1 Å². The molecule has 0 aromatic carbocycles. The molecule has 0 aliphatic carbocycles. The molecule has 1 aromatic heterocycles. The minimum atomic E-state index is -6.23. The maximum absolute atomic E-state index is 11.4. The molecule has 0 aliphatic rings. The van der Waals surface area contributed by atoms with Crippen molar-refractivity contribution < 1.29 is 35.1 Å². The lowest BCUT2D eigenvalue weighted by Crippen LogP contribution is -2.36. The predicted octanol–water partition coefficient (Wildman–Crippen LogP) is 1.56. The van der Waals surface area contributed by atoms with Crippen molar-refractivity contribution in [3.63, 3.8) is 0 Å². The van der Waals surface area contributed by atoms with Crippen LogP contribution in [0.1, 0.15) is 19.8 Å². The van der Waals surface area contributed by atoms with Crippen LogP contribution < -0.4 is 4.57 Å². The third kappa shape index (κ3) is 6.24. The summed E-state index contributed by atoms with van der Waals surface area (Å²) in [5.74, 6) is 0. The minimum Gasteiger partial charge on any atom is -0.743 e. The summed E-state index contributed by atoms with van der Waals surface area (Å²) >= 11 is 0. The number of aromatic nitrogens is 2. The van der Waals surface area contributed by atoms with Gasteiger partial charge in [0.05, 0.1) is 12.4 Å². The smallest absolute Gasteiger partial charge is 0.393 e. The van der Waals surface area contributed by atoms with Crippen molar-refractivity contribution in [1.29, 1.82) is 0 Å². The summed E-state index contributed by atoms with van der Waals surface area (Å²) in [4.78, 5) is 3.93. The van der Waals surface area contributed by atoms with Gasteiger partial charge in [0.1, 0.15) is 6.54 Å². The quantitative estimate of drug-likeness (QED) is 0.469. The summed E-state index contributed by atoms with van der Waals surface area (Å²) in [7, 11) is -6.23. The average molecular weight is 318 g/mol. The van der Waals surface area contributed by atoms with E-state index in [0.717, 1.165) is 6.54 Å². The molecule has 0 spiro atoms. The standard InChI is InChI=1S/C8H13N2.C2H2F4O3S/c1-2-3-6-10-7-4-9-5-8-10;3-1(4)2(5,6)10(7,8)9/h4-5,7-8H,2-3,6H2,1H3;1H,(H,7,8,9)/q+1;/p-1. The third-order valence-electron chi connectivity index (χ3n) is 2.05. The molecule has 0 radical (unpaired) electrons. The van der Waals surface area contributed by atoms with Gasteiger partial charge in [-0.05, 0) is 0 Å². The zero-order valence-corrected chi connectivity index (χ0v) is 11.4. The van der Waals surface area contributed by atoms with Crippen molar-refractivity contribution in [1.82, 2.24) is 4.98 Å². The van der Waals surface area contributed by atoms with E-state index in [-0.39, 0.29) is 0 Å². The van der Waals surface area contributed by atoms with E-state index in [1.165, 1.54) is 12.8 Å². The number of unbranched alkanes of at least 4 members (excludes halogenated alkanes) is 1. The molecule has 5 nitrogen and oxygen atoms in total. The number of rotatable bonds is 5. The normalized spacial score (nSPS) is 11.9. The zero-order valence-electron chi connectivity index (χ0n) is 10.5. The molecule has 0 N–H and O–H groups in total. The van der Waals surface area contributed by atoms with Gasteiger partial charge < -0.3 is 4.55 Å². The Bertz CT molecular complexity index is 483. The first kappa shape index (κ1) is 18.7. The Morgan fingerprint density at radius 1 is 1.30 bits per heavy atom. The fourth-order valence-corrected chi connectivity index (χ4v) is 1.16. The topological polar surface area (TPSA) is 74.0 Å². The highest BCUT2D eigenvalue weighted by Gasteiger charge is 2.48. The summed E-state index contributed by atoms with van der Waals surface area (Å²) in [5.41, 5.74) is 0. The van der Waals surface area contributed by atoms with Gasteiger partial charge in [-0.3, -0.25) is 4.98 Å². The van der Waals surface area contributed by atoms with E-state index in [1.54, 1.807) is 0 Å². The molecule has 20 heavy (non-hydrogen) atoms. The lowest BCUT2D eigenvalue weighted by molar-refractivity contribution is -0.697. The SMILES string of the molecule is CCCC[n+]1ccncc1.O=S(=O)([O-])C(F)(F)C(F)F. The van der Waals surface area contributed by atoms with Gasteiger partial charge in [0.2, 0.25) is 0 Å². The van der Waals surface area contributed by atoms with Crippen molar-refractivity contribution in [3.05, 3.63) is 24.8 Å². The van der Waals surface area contributed by atoms with E-state index in [0.29, 0.717) is 0 Å². The maximum Gasteiger partial charge on any atom is 0.393 e.